The molecule has 0 radical (unpaired) electrons. The first kappa shape index (κ1) is 15.3. The maximum absolute atomic E-state index is 12.5. The lowest BCUT2D eigenvalue weighted by Gasteiger charge is -2.27. The first-order valence-corrected chi connectivity index (χ1v) is 5.70. The summed E-state index contributed by atoms with van der Waals surface area (Å²) in [6, 6.07) is -0.532. The third-order valence-electron chi connectivity index (χ3n) is 2.12. The normalized spacial score (nSPS) is 11.7. The van der Waals surface area contributed by atoms with Gasteiger partial charge in [0.05, 0.1) is 6.61 Å². The third-order valence-corrected chi connectivity index (χ3v) is 2.12. The molecular weight excluding hydrogens is 263 g/mol. The van der Waals surface area contributed by atoms with Crippen LogP contribution in [0.2, 0.25) is 0 Å². The number of anilines is 2. The van der Waals surface area contributed by atoms with Gasteiger partial charge in [-0.05, 0) is 20.8 Å². The summed E-state index contributed by atoms with van der Waals surface area (Å²) in [5.41, 5.74) is 5.44. The average Bonchev–Trinajstić information content (AvgIpc) is 2.24. The van der Waals surface area contributed by atoms with Crippen LogP contribution in [-0.4, -0.2) is 40.3 Å². The highest BCUT2D eigenvalue weighted by atomic mass is 19.4. The quantitative estimate of drug-likeness (QED) is 0.882. The molecule has 0 bridgehead atoms. The van der Waals surface area contributed by atoms with Crippen molar-refractivity contribution in [2.75, 3.05) is 23.8 Å². The summed E-state index contributed by atoms with van der Waals surface area (Å²) < 4.78 is 42.6. The molecule has 0 atom stereocenters. The van der Waals surface area contributed by atoms with Crippen molar-refractivity contribution in [3.8, 4) is 6.01 Å². The molecule has 2 N–H and O–H groups in total. The van der Waals surface area contributed by atoms with Gasteiger partial charge in [0.25, 0.3) is 0 Å². The standard InChI is InChI=1S/C10H16F3N5O/c1-4-19-9-16-7(14)15-8(17-9)18(6(2)3)5-10(11,12)13/h6H,4-5H2,1-3H3,(H2,14,15,16,17). The van der Waals surface area contributed by atoms with Crippen LogP contribution in [0, 0.1) is 0 Å². The van der Waals surface area contributed by atoms with Crippen molar-refractivity contribution >= 4 is 11.9 Å². The summed E-state index contributed by atoms with van der Waals surface area (Å²) in [6.45, 7) is 4.03. The Morgan fingerprint density at radius 3 is 2.37 bits per heavy atom. The molecule has 0 aromatic carbocycles. The van der Waals surface area contributed by atoms with Gasteiger partial charge in [-0.3, -0.25) is 0 Å². The molecule has 9 heteroatoms. The van der Waals surface area contributed by atoms with E-state index in [4.69, 9.17) is 10.5 Å². The molecule has 19 heavy (non-hydrogen) atoms. The number of alkyl halides is 3. The Kier molecular flexibility index (Phi) is 4.73. The van der Waals surface area contributed by atoms with Crippen LogP contribution in [0.3, 0.4) is 0 Å². The fourth-order valence-corrected chi connectivity index (χ4v) is 1.36. The Morgan fingerprint density at radius 2 is 1.89 bits per heavy atom. The number of nitrogen functional groups attached to an aromatic ring is 1. The molecule has 1 rings (SSSR count). The number of rotatable bonds is 5. The first-order chi connectivity index (χ1) is 8.73. The molecule has 0 amide bonds. The van der Waals surface area contributed by atoms with Gasteiger partial charge in [0, 0.05) is 6.04 Å². The van der Waals surface area contributed by atoms with E-state index in [0.29, 0.717) is 0 Å². The molecular formula is C10H16F3N5O. The Labute approximate surface area is 108 Å². The zero-order valence-electron chi connectivity index (χ0n) is 10.9. The van der Waals surface area contributed by atoms with Crippen molar-refractivity contribution in [1.29, 1.82) is 0 Å². The summed E-state index contributed by atoms with van der Waals surface area (Å²) in [5, 5.41) is 0. The van der Waals surface area contributed by atoms with E-state index in [1.807, 2.05) is 0 Å². The molecule has 0 aliphatic rings. The smallest absolute Gasteiger partial charge is 0.406 e. The number of nitrogens with zero attached hydrogens (tertiary/aromatic N) is 4. The van der Waals surface area contributed by atoms with Crippen LogP contribution >= 0.6 is 0 Å². The van der Waals surface area contributed by atoms with Gasteiger partial charge >= 0.3 is 12.2 Å². The van der Waals surface area contributed by atoms with Gasteiger partial charge in [0.2, 0.25) is 11.9 Å². The van der Waals surface area contributed by atoms with Crippen molar-refractivity contribution in [2.45, 2.75) is 33.0 Å². The number of hydrogen-bond acceptors (Lipinski definition) is 6. The van der Waals surface area contributed by atoms with E-state index in [1.165, 1.54) is 0 Å². The Bertz CT molecular complexity index is 424. The number of ether oxygens (including phenoxy) is 1. The maximum atomic E-state index is 12.5. The minimum absolute atomic E-state index is 0.0853. The van der Waals surface area contributed by atoms with Gasteiger partial charge in [0.1, 0.15) is 6.54 Å². The van der Waals surface area contributed by atoms with Gasteiger partial charge in [-0.2, -0.15) is 28.1 Å². The van der Waals surface area contributed by atoms with Crippen molar-refractivity contribution < 1.29 is 17.9 Å². The van der Waals surface area contributed by atoms with E-state index < -0.39 is 18.8 Å². The summed E-state index contributed by atoms with van der Waals surface area (Å²) in [7, 11) is 0. The minimum Gasteiger partial charge on any atom is -0.464 e. The lowest BCUT2D eigenvalue weighted by atomic mass is 10.3. The second-order valence-corrected chi connectivity index (χ2v) is 4.05. The number of halogens is 3. The van der Waals surface area contributed by atoms with Gasteiger partial charge < -0.3 is 15.4 Å². The molecule has 108 valence electrons. The SMILES string of the molecule is CCOc1nc(N)nc(N(CC(F)(F)F)C(C)C)n1. The summed E-state index contributed by atoms with van der Waals surface area (Å²) in [5.74, 6) is -0.329. The second-order valence-electron chi connectivity index (χ2n) is 4.05. The minimum atomic E-state index is -4.36. The van der Waals surface area contributed by atoms with E-state index in [1.54, 1.807) is 20.8 Å². The Balaban J connectivity index is 3.08. The van der Waals surface area contributed by atoms with E-state index in [2.05, 4.69) is 15.0 Å². The predicted octanol–water partition coefficient (Wildman–Crippen LogP) is 1.63. The topological polar surface area (TPSA) is 77.2 Å². The monoisotopic (exact) mass is 279 g/mol. The first-order valence-electron chi connectivity index (χ1n) is 5.70. The molecule has 0 saturated carbocycles. The highest BCUT2D eigenvalue weighted by Crippen LogP contribution is 2.22. The zero-order chi connectivity index (χ0) is 14.6. The predicted molar refractivity (Wildman–Crippen MR) is 63.9 cm³/mol. The molecule has 0 saturated heterocycles. The van der Waals surface area contributed by atoms with Crippen LogP contribution in [0.25, 0.3) is 0 Å². The van der Waals surface area contributed by atoms with Crippen LogP contribution in [0.4, 0.5) is 25.1 Å². The van der Waals surface area contributed by atoms with E-state index in [9.17, 15) is 13.2 Å². The molecule has 0 spiro atoms. The van der Waals surface area contributed by atoms with Gasteiger partial charge in [0.15, 0.2) is 0 Å². The van der Waals surface area contributed by atoms with Crippen molar-refractivity contribution in [3.63, 3.8) is 0 Å². The van der Waals surface area contributed by atoms with E-state index in [0.717, 1.165) is 4.90 Å². The second kappa shape index (κ2) is 5.89. The van der Waals surface area contributed by atoms with Crippen LogP contribution in [0.15, 0.2) is 0 Å². The molecule has 1 aromatic heterocycles. The van der Waals surface area contributed by atoms with Crippen molar-refractivity contribution in [2.24, 2.45) is 0 Å². The highest BCUT2D eigenvalue weighted by Gasteiger charge is 2.33. The molecule has 0 aliphatic heterocycles. The van der Waals surface area contributed by atoms with Crippen LogP contribution in [-0.2, 0) is 0 Å². The summed E-state index contributed by atoms with van der Waals surface area (Å²) >= 11 is 0. The molecule has 0 fully saturated rings. The Hall–Kier alpha value is -1.80. The van der Waals surface area contributed by atoms with Crippen molar-refractivity contribution in [3.05, 3.63) is 0 Å². The van der Waals surface area contributed by atoms with Crippen LogP contribution in [0.1, 0.15) is 20.8 Å². The fourth-order valence-electron chi connectivity index (χ4n) is 1.36. The zero-order valence-corrected chi connectivity index (χ0v) is 10.9. The van der Waals surface area contributed by atoms with Crippen molar-refractivity contribution in [1.82, 2.24) is 15.0 Å². The van der Waals surface area contributed by atoms with Gasteiger partial charge in [-0.25, -0.2) is 0 Å². The number of nitrogens with two attached hydrogens (primary N) is 1. The molecule has 1 heterocycles. The third kappa shape index (κ3) is 4.76. The lowest BCUT2D eigenvalue weighted by molar-refractivity contribution is -0.120. The largest absolute Gasteiger partial charge is 0.464 e. The molecule has 0 unspecified atom stereocenters. The average molecular weight is 279 g/mol. The fraction of sp³-hybridized carbons (Fsp3) is 0.700. The van der Waals surface area contributed by atoms with Crippen LogP contribution in [0.5, 0.6) is 6.01 Å². The van der Waals surface area contributed by atoms with Gasteiger partial charge in [-0.1, -0.05) is 0 Å². The van der Waals surface area contributed by atoms with Gasteiger partial charge in [-0.15, -0.1) is 0 Å². The molecule has 1 aromatic rings. The lowest BCUT2D eigenvalue weighted by Crippen LogP contribution is -2.40. The number of aromatic nitrogens is 3. The number of hydrogen-bond donors (Lipinski definition) is 1. The summed E-state index contributed by atoms with van der Waals surface area (Å²) in [4.78, 5) is 12.2. The van der Waals surface area contributed by atoms with Crippen LogP contribution < -0.4 is 15.4 Å². The highest BCUT2D eigenvalue weighted by molar-refractivity contribution is 5.37. The van der Waals surface area contributed by atoms with E-state index >= 15 is 0 Å². The molecule has 0 aliphatic carbocycles. The van der Waals surface area contributed by atoms with E-state index in [-0.39, 0.29) is 24.5 Å². The Morgan fingerprint density at radius 1 is 1.26 bits per heavy atom. The maximum Gasteiger partial charge on any atom is 0.406 e. The summed E-state index contributed by atoms with van der Waals surface area (Å²) in [6.07, 6.45) is -4.36. The molecule has 6 nitrogen and oxygen atoms in total.